The molecule has 5 nitrogen and oxygen atoms in total. The van der Waals surface area contributed by atoms with E-state index in [-0.39, 0.29) is 13.2 Å². The van der Waals surface area contributed by atoms with Crippen LogP contribution >= 0.6 is 0 Å². The van der Waals surface area contributed by atoms with Crippen LogP contribution in [-0.4, -0.2) is 59.6 Å². The monoisotopic (exact) mass is 316 g/mol. The summed E-state index contributed by atoms with van der Waals surface area (Å²) in [6.45, 7) is 2.50. The summed E-state index contributed by atoms with van der Waals surface area (Å²) in [5.74, 6) is 0. The number of ether oxygens (including phenoxy) is 2. The van der Waals surface area contributed by atoms with Crippen LogP contribution in [0, 0.1) is 0 Å². The SMILES string of the molecule is CCCC/C=C/CCCCCO[C@@H]1[C@H]([C@H](O)CO)OC[C@@H]1O. The number of unbranched alkanes of at least 4 members (excludes halogenated alkanes) is 5. The van der Waals surface area contributed by atoms with Gasteiger partial charge in [0.1, 0.15) is 24.4 Å². The van der Waals surface area contributed by atoms with Crippen LogP contribution in [0.1, 0.15) is 51.9 Å². The van der Waals surface area contributed by atoms with Gasteiger partial charge in [0.2, 0.25) is 0 Å². The third kappa shape index (κ3) is 7.20. The van der Waals surface area contributed by atoms with Crippen molar-refractivity contribution in [1.29, 1.82) is 0 Å². The average Bonchev–Trinajstić information content (AvgIpc) is 2.89. The van der Waals surface area contributed by atoms with E-state index in [0.29, 0.717) is 6.61 Å². The van der Waals surface area contributed by atoms with E-state index >= 15 is 0 Å². The van der Waals surface area contributed by atoms with E-state index in [0.717, 1.165) is 25.7 Å². The van der Waals surface area contributed by atoms with Crippen LogP contribution in [0.5, 0.6) is 0 Å². The van der Waals surface area contributed by atoms with E-state index in [9.17, 15) is 10.2 Å². The second-order valence-corrected chi connectivity index (χ2v) is 5.91. The first-order valence-electron chi connectivity index (χ1n) is 8.55. The standard InChI is InChI=1S/C17H32O5/c1-2-3-4-5-6-7-8-9-10-11-21-17-15(20)13-22-16(17)14(19)12-18/h5-6,14-20H,2-4,7-13H2,1H3/b6-5+/t14-,15+,16+,17+/m1/s1. The molecular formula is C17H32O5. The predicted octanol–water partition coefficient (Wildman–Crippen LogP) is 1.79. The normalized spacial score (nSPS) is 26.8. The lowest BCUT2D eigenvalue weighted by Crippen LogP contribution is -2.42. The molecule has 1 heterocycles. The molecule has 0 aromatic carbocycles. The first-order chi connectivity index (χ1) is 10.7. The van der Waals surface area contributed by atoms with Crippen molar-refractivity contribution >= 4 is 0 Å². The Morgan fingerprint density at radius 2 is 1.91 bits per heavy atom. The molecule has 0 aliphatic carbocycles. The van der Waals surface area contributed by atoms with Crippen LogP contribution in [0.2, 0.25) is 0 Å². The van der Waals surface area contributed by atoms with Gasteiger partial charge in [0.05, 0.1) is 13.2 Å². The molecule has 0 saturated carbocycles. The van der Waals surface area contributed by atoms with Crippen molar-refractivity contribution in [3.05, 3.63) is 12.2 Å². The molecule has 1 rings (SSSR count). The Kier molecular flexibility index (Phi) is 10.7. The zero-order valence-electron chi connectivity index (χ0n) is 13.7. The number of allylic oxidation sites excluding steroid dienone is 2. The fourth-order valence-electron chi connectivity index (χ4n) is 2.58. The van der Waals surface area contributed by atoms with Crippen molar-refractivity contribution in [3.63, 3.8) is 0 Å². The summed E-state index contributed by atoms with van der Waals surface area (Å²) < 4.78 is 10.9. The summed E-state index contributed by atoms with van der Waals surface area (Å²) in [7, 11) is 0. The van der Waals surface area contributed by atoms with Gasteiger partial charge in [-0.2, -0.15) is 0 Å². The second kappa shape index (κ2) is 12.0. The van der Waals surface area contributed by atoms with E-state index in [1.807, 2.05) is 0 Å². The van der Waals surface area contributed by atoms with Gasteiger partial charge in [0.15, 0.2) is 0 Å². The molecule has 0 aromatic rings. The summed E-state index contributed by atoms with van der Waals surface area (Å²) in [5.41, 5.74) is 0. The van der Waals surface area contributed by atoms with Gasteiger partial charge in [-0.1, -0.05) is 38.3 Å². The van der Waals surface area contributed by atoms with E-state index in [1.165, 1.54) is 19.3 Å². The minimum atomic E-state index is -1.00. The molecular weight excluding hydrogens is 284 g/mol. The van der Waals surface area contributed by atoms with Crippen molar-refractivity contribution in [3.8, 4) is 0 Å². The lowest BCUT2D eigenvalue weighted by molar-refractivity contribution is -0.0937. The van der Waals surface area contributed by atoms with Gasteiger partial charge in [0, 0.05) is 6.61 Å². The van der Waals surface area contributed by atoms with Crippen LogP contribution in [0.4, 0.5) is 0 Å². The molecule has 22 heavy (non-hydrogen) atoms. The van der Waals surface area contributed by atoms with Crippen LogP contribution in [0.3, 0.4) is 0 Å². The van der Waals surface area contributed by atoms with Gasteiger partial charge in [0.25, 0.3) is 0 Å². The van der Waals surface area contributed by atoms with E-state index in [4.69, 9.17) is 14.6 Å². The van der Waals surface area contributed by atoms with Gasteiger partial charge < -0.3 is 24.8 Å². The summed E-state index contributed by atoms with van der Waals surface area (Å²) in [6, 6.07) is 0. The second-order valence-electron chi connectivity index (χ2n) is 5.91. The Labute approximate surface area is 133 Å². The molecule has 5 heteroatoms. The summed E-state index contributed by atoms with van der Waals surface area (Å²) in [4.78, 5) is 0. The number of aliphatic hydroxyl groups is 3. The fraction of sp³-hybridized carbons (Fsp3) is 0.882. The highest BCUT2D eigenvalue weighted by Gasteiger charge is 2.40. The number of hydrogen-bond donors (Lipinski definition) is 3. The molecule has 1 fully saturated rings. The Balaban J connectivity index is 2.07. The summed E-state index contributed by atoms with van der Waals surface area (Å²) >= 11 is 0. The molecule has 0 unspecified atom stereocenters. The maximum atomic E-state index is 9.80. The minimum Gasteiger partial charge on any atom is -0.394 e. The first-order valence-corrected chi connectivity index (χ1v) is 8.55. The summed E-state index contributed by atoms with van der Waals surface area (Å²) in [6.07, 6.45) is 9.51. The smallest absolute Gasteiger partial charge is 0.114 e. The van der Waals surface area contributed by atoms with Gasteiger partial charge in [-0.05, 0) is 25.7 Å². The molecule has 1 aliphatic rings. The van der Waals surface area contributed by atoms with Crippen LogP contribution in [0.25, 0.3) is 0 Å². The number of rotatable bonds is 12. The van der Waals surface area contributed by atoms with Crippen molar-refractivity contribution in [2.24, 2.45) is 0 Å². The molecule has 0 spiro atoms. The van der Waals surface area contributed by atoms with Gasteiger partial charge >= 0.3 is 0 Å². The van der Waals surface area contributed by atoms with Crippen LogP contribution in [0.15, 0.2) is 12.2 Å². The van der Waals surface area contributed by atoms with Crippen LogP contribution < -0.4 is 0 Å². The predicted molar refractivity (Wildman–Crippen MR) is 85.7 cm³/mol. The third-order valence-corrected chi connectivity index (χ3v) is 3.95. The number of hydrogen-bond acceptors (Lipinski definition) is 5. The quantitative estimate of drug-likeness (QED) is 0.378. The zero-order valence-corrected chi connectivity index (χ0v) is 13.7. The maximum Gasteiger partial charge on any atom is 0.114 e. The minimum absolute atomic E-state index is 0.148. The van der Waals surface area contributed by atoms with Crippen molar-refractivity contribution < 1.29 is 24.8 Å². The highest BCUT2D eigenvalue weighted by atomic mass is 16.6. The maximum absolute atomic E-state index is 9.80. The Morgan fingerprint density at radius 1 is 1.18 bits per heavy atom. The highest BCUT2D eigenvalue weighted by Crippen LogP contribution is 2.21. The molecule has 0 radical (unpaired) electrons. The van der Waals surface area contributed by atoms with Gasteiger partial charge in [-0.3, -0.25) is 0 Å². The third-order valence-electron chi connectivity index (χ3n) is 3.95. The van der Waals surface area contributed by atoms with Crippen molar-refractivity contribution in [1.82, 2.24) is 0 Å². The average molecular weight is 316 g/mol. The largest absolute Gasteiger partial charge is 0.394 e. The Morgan fingerprint density at radius 3 is 2.59 bits per heavy atom. The molecule has 3 N–H and O–H groups in total. The van der Waals surface area contributed by atoms with Gasteiger partial charge in [-0.25, -0.2) is 0 Å². The topological polar surface area (TPSA) is 79.2 Å². The Hall–Kier alpha value is -0.460. The molecule has 4 atom stereocenters. The summed E-state index contributed by atoms with van der Waals surface area (Å²) in [5, 5.41) is 28.4. The van der Waals surface area contributed by atoms with E-state index in [1.54, 1.807) is 0 Å². The molecule has 130 valence electrons. The fourth-order valence-corrected chi connectivity index (χ4v) is 2.58. The first kappa shape index (κ1) is 19.6. The zero-order chi connectivity index (χ0) is 16.2. The Bertz CT molecular complexity index is 295. The van der Waals surface area contributed by atoms with E-state index < -0.39 is 24.4 Å². The molecule has 1 aliphatic heterocycles. The molecule has 0 bridgehead atoms. The van der Waals surface area contributed by atoms with Crippen molar-refractivity contribution in [2.45, 2.75) is 76.3 Å². The molecule has 0 aromatic heterocycles. The van der Waals surface area contributed by atoms with Gasteiger partial charge in [-0.15, -0.1) is 0 Å². The van der Waals surface area contributed by atoms with E-state index in [2.05, 4.69) is 19.1 Å². The highest BCUT2D eigenvalue weighted by molar-refractivity contribution is 4.89. The lowest BCUT2D eigenvalue weighted by Gasteiger charge is -2.23. The van der Waals surface area contributed by atoms with Crippen LogP contribution in [-0.2, 0) is 9.47 Å². The van der Waals surface area contributed by atoms with Crippen molar-refractivity contribution in [2.75, 3.05) is 19.8 Å². The lowest BCUT2D eigenvalue weighted by atomic mass is 10.1. The number of aliphatic hydroxyl groups excluding tert-OH is 3. The molecule has 1 saturated heterocycles. The molecule has 0 amide bonds.